The normalized spacial score (nSPS) is 15.3. The van der Waals surface area contributed by atoms with Crippen molar-refractivity contribution in [3.8, 4) is 11.5 Å². The maximum Gasteiger partial charge on any atom is 0.326 e. The Morgan fingerprint density at radius 1 is 0.895 bits per heavy atom. The molecule has 6 heteroatoms. The van der Waals surface area contributed by atoms with E-state index in [1.807, 2.05) is 97.9 Å². The van der Waals surface area contributed by atoms with E-state index in [1.54, 1.807) is 12.1 Å². The largest absolute Gasteiger partial charge is 0.488 e. The summed E-state index contributed by atoms with van der Waals surface area (Å²) >= 11 is 0. The molecule has 192 valence electrons. The molecule has 2 atom stereocenters. The van der Waals surface area contributed by atoms with Crippen LogP contribution in [0.3, 0.4) is 0 Å². The number of amides is 1. The van der Waals surface area contributed by atoms with Gasteiger partial charge >= 0.3 is 5.97 Å². The molecule has 0 spiro atoms. The molecule has 0 aliphatic carbocycles. The van der Waals surface area contributed by atoms with Crippen LogP contribution in [0.15, 0.2) is 103 Å². The van der Waals surface area contributed by atoms with Crippen LogP contribution in [-0.2, 0) is 29.2 Å². The van der Waals surface area contributed by atoms with Crippen LogP contribution in [0, 0.1) is 6.92 Å². The molecule has 4 aromatic rings. The van der Waals surface area contributed by atoms with Crippen LogP contribution in [0.25, 0.3) is 0 Å². The van der Waals surface area contributed by atoms with E-state index in [1.165, 1.54) is 4.90 Å². The van der Waals surface area contributed by atoms with E-state index in [2.05, 4.69) is 0 Å². The second kappa shape index (κ2) is 11.2. The fraction of sp³-hybridized carbons (Fsp3) is 0.188. The van der Waals surface area contributed by atoms with Crippen LogP contribution in [0.4, 0.5) is 0 Å². The number of carboxylic acid groups (broad SMARTS) is 1. The van der Waals surface area contributed by atoms with E-state index in [0.717, 1.165) is 22.3 Å². The number of hydrogen-bond donors (Lipinski definition) is 1. The molecule has 1 amide bonds. The number of para-hydroxylation sites is 1. The number of nitrogens with zero attached hydrogens (tertiary/aromatic N) is 1. The Balaban J connectivity index is 1.47. The van der Waals surface area contributed by atoms with Crippen molar-refractivity contribution in [2.75, 3.05) is 0 Å². The third kappa shape index (κ3) is 5.39. The Kier molecular flexibility index (Phi) is 7.40. The molecule has 1 heterocycles. The summed E-state index contributed by atoms with van der Waals surface area (Å²) in [5.74, 6) is -0.243. The summed E-state index contributed by atoms with van der Waals surface area (Å²) in [7, 11) is 0. The number of carbonyl (C=O) groups is 2. The van der Waals surface area contributed by atoms with Crippen molar-refractivity contribution in [3.05, 3.63) is 131 Å². The molecule has 0 fully saturated rings. The van der Waals surface area contributed by atoms with Crippen LogP contribution in [0.1, 0.15) is 33.9 Å². The van der Waals surface area contributed by atoms with Gasteiger partial charge in [0.1, 0.15) is 24.1 Å². The lowest BCUT2D eigenvalue weighted by Crippen LogP contribution is -2.51. The van der Waals surface area contributed by atoms with Crippen molar-refractivity contribution in [1.82, 2.24) is 4.90 Å². The number of aryl methyl sites for hydroxylation is 1. The van der Waals surface area contributed by atoms with Gasteiger partial charge in [-0.3, -0.25) is 4.79 Å². The summed E-state index contributed by atoms with van der Waals surface area (Å²) in [5, 5.41) is 10.2. The Morgan fingerprint density at radius 2 is 1.53 bits per heavy atom. The molecule has 0 radical (unpaired) electrons. The van der Waals surface area contributed by atoms with E-state index in [0.29, 0.717) is 23.7 Å². The topological polar surface area (TPSA) is 76.1 Å². The second-order valence-corrected chi connectivity index (χ2v) is 9.37. The summed E-state index contributed by atoms with van der Waals surface area (Å²) in [6, 6.07) is 31.0. The highest BCUT2D eigenvalue weighted by atomic mass is 16.5. The molecule has 0 aromatic heterocycles. The zero-order valence-corrected chi connectivity index (χ0v) is 21.1. The van der Waals surface area contributed by atoms with Gasteiger partial charge < -0.3 is 19.5 Å². The average Bonchev–Trinajstić information content (AvgIpc) is 2.96. The van der Waals surface area contributed by atoms with Crippen molar-refractivity contribution in [1.29, 1.82) is 0 Å². The molecule has 0 saturated carbocycles. The lowest BCUT2D eigenvalue weighted by atomic mass is 9.90. The molecule has 1 aliphatic rings. The maximum atomic E-state index is 14.0. The van der Waals surface area contributed by atoms with E-state index in [-0.39, 0.29) is 13.0 Å². The molecule has 1 N–H and O–H groups in total. The number of hydrogen-bond acceptors (Lipinski definition) is 4. The molecule has 6 nitrogen and oxygen atoms in total. The zero-order chi connectivity index (χ0) is 26.5. The van der Waals surface area contributed by atoms with Gasteiger partial charge in [0.2, 0.25) is 6.10 Å². The van der Waals surface area contributed by atoms with Gasteiger partial charge in [0.15, 0.2) is 0 Å². The molecule has 0 saturated heterocycles. The van der Waals surface area contributed by atoms with Gasteiger partial charge in [-0.1, -0.05) is 91.0 Å². The van der Waals surface area contributed by atoms with Crippen LogP contribution >= 0.6 is 0 Å². The Labute approximate surface area is 222 Å². The number of carbonyl (C=O) groups excluding carboxylic acids is 1. The lowest BCUT2D eigenvalue weighted by Gasteiger charge is -2.37. The Morgan fingerprint density at radius 3 is 2.18 bits per heavy atom. The predicted molar refractivity (Wildman–Crippen MR) is 144 cm³/mol. The van der Waals surface area contributed by atoms with E-state index in [9.17, 15) is 14.7 Å². The number of carboxylic acids is 1. The van der Waals surface area contributed by atoms with Gasteiger partial charge in [-0.15, -0.1) is 0 Å². The van der Waals surface area contributed by atoms with Gasteiger partial charge in [0, 0.05) is 24.1 Å². The third-order valence-corrected chi connectivity index (χ3v) is 6.79. The van der Waals surface area contributed by atoms with E-state index in [4.69, 9.17) is 9.47 Å². The molecule has 38 heavy (non-hydrogen) atoms. The molecule has 0 unspecified atom stereocenters. The summed E-state index contributed by atoms with van der Waals surface area (Å²) in [6.45, 7) is 2.47. The first-order valence-electron chi connectivity index (χ1n) is 12.6. The zero-order valence-electron chi connectivity index (χ0n) is 21.1. The van der Waals surface area contributed by atoms with Crippen molar-refractivity contribution in [2.45, 2.75) is 38.6 Å². The number of ether oxygens (including phenoxy) is 2. The number of benzene rings is 4. The number of aliphatic carboxylic acids is 1. The first-order valence-corrected chi connectivity index (χ1v) is 12.6. The summed E-state index contributed by atoms with van der Waals surface area (Å²) < 4.78 is 12.4. The minimum absolute atomic E-state index is 0.147. The summed E-state index contributed by atoms with van der Waals surface area (Å²) in [4.78, 5) is 27.9. The highest BCUT2D eigenvalue weighted by molar-refractivity contribution is 5.88. The minimum Gasteiger partial charge on any atom is -0.488 e. The lowest BCUT2D eigenvalue weighted by molar-refractivity contribution is -0.155. The fourth-order valence-corrected chi connectivity index (χ4v) is 4.81. The molecule has 5 rings (SSSR count). The summed E-state index contributed by atoms with van der Waals surface area (Å²) in [5.41, 5.74) is 4.31. The minimum atomic E-state index is -1.06. The highest BCUT2D eigenvalue weighted by Gasteiger charge is 2.40. The maximum absolute atomic E-state index is 14.0. The van der Waals surface area contributed by atoms with Crippen molar-refractivity contribution in [3.63, 3.8) is 0 Å². The number of rotatable bonds is 8. The van der Waals surface area contributed by atoms with Gasteiger partial charge in [-0.2, -0.15) is 0 Å². The van der Waals surface area contributed by atoms with Gasteiger partial charge in [-0.25, -0.2) is 4.79 Å². The second-order valence-electron chi connectivity index (χ2n) is 9.37. The van der Waals surface area contributed by atoms with Gasteiger partial charge in [-0.05, 0) is 35.7 Å². The van der Waals surface area contributed by atoms with Crippen LogP contribution in [0.5, 0.6) is 11.5 Å². The van der Waals surface area contributed by atoms with Crippen LogP contribution in [-0.4, -0.2) is 27.9 Å². The van der Waals surface area contributed by atoms with E-state index >= 15 is 0 Å². The van der Waals surface area contributed by atoms with Crippen molar-refractivity contribution in [2.24, 2.45) is 0 Å². The summed E-state index contributed by atoms with van der Waals surface area (Å²) in [6.07, 6.45) is -0.837. The number of fused-ring (bicyclic) bond motifs is 1. The quantitative estimate of drug-likeness (QED) is 0.330. The van der Waals surface area contributed by atoms with Crippen LogP contribution < -0.4 is 9.47 Å². The SMILES string of the molecule is Cc1ccc2c(c1OCc1ccccc1)C[C@@H](C(=O)O)N(C(=O)[C@H](Oc1ccccc1)c1ccccc1)C2. The molecule has 0 bridgehead atoms. The monoisotopic (exact) mass is 507 g/mol. The first kappa shape index (κ1) is 25.1. The first-order chi connectivity index (χ1) is 18.5. The molecule has 4 aromatic carbocycles. The highest BCUT2D eigenvalue weighted by Crippen LogP contribution is 2.36. The van der Waals surface area contributed by atoms with Gasteiger partial charge in [0.05, 0.1) is 0 Å². The van der Waals surface area contributed by atoms with Crippen LogP contribution in [0.2, 0.25) is 0 Å². The van der Waals surface area contributed by atoms with E-state index < -0.39 is 24.0 Å². The van der Waals surface area contributed by atoms with Gasteiger partial charge in [0.25, 0.3) is 5.91 Å². The fourth-order valence-electron chi connectivity index (χ4n) is 4.81. The Bertz CT molecular complexity index is 1410. The Hall–Kier alpha value is -4.58. The molecule has 1 aliphatic heterocycles. The average molecular weight is 508 g/mol. The predicted octanol–water partition coefficient (Wildman–Crippen LogP) is 5.73. The van der Waals surface area contributed by atoms with Crippen molar-refractivity contribution < 1.29 is 24.2 Å². The smallest absolute Gasteiger partial charge is 0.326 e. The van der Waals surface area contributed by atoms with Crippen molar-refractivity contribution >= 4 is 11.9 Å². The standard InChI is InChI=1S/C32H29NO5/c1-22-17-18-25-20-33(28(32(35)36)19-27(25)29(22)37-21-23-11-5-2-6-12-23)31(34)30(24-13-7-3-8-14-24)38-26-15-9-4-10-16-26/h2-18,28,30H,19-21H2,1H3,(H,35,36)/t28-,30+/m0/s1. The third-order valence-electron chi connectivity index (χ3n) is 6.79. The molecular formula is C32H29NO5. The molecular weight excluding hydrogens is 478 g/mol.